The molecule has 4 nitrogen and oxygen atoms in total. The first-order valence-electron chi connectivity index (χ1n) is 5.26. The van der Waals surface area contributed by atoms with Crippen molar-refractivity contribution < 1.29 is 0 Å². The van der Waals surface area contributed by atoms with Crippen LogP contribution in [-0.2, 0) is 6.54 Å². The van der Waals surface area contributed by atoms with Crippen LogP contribution in [0.5, 0.6) is 0 Å². The molecule has 0 atom stereocenters. The second-order valence-electron chi connectivity index (χ2n) is 4.06. The molecule has 0 radical (unpaired) electrons. The number of nitrogens with zero attached hydrogens (tertiary/aromatic N) is 2. The average molecular weight is 202 g/mol. The normalized spacial score (nSPS) is 16.1. The Morgan fingerprint density at radius 1 is 1.40 bits per heavy atom. The highest BCUT2D eigenvalue weighted by molar-refractivity contribution is 5.82. The van der Waals surface area contributed by atoms with Crippen LogP contribution in [0.4, 0.5) is 5.95 Å². The Morgan fingerprint density at radius 2 is 2.20 bits per heavy atom. The van der Waals surface area contributed by atoms with E-state index >= 15 is 0 Å². The maximum absolute atomic E-state index is 5.93. The number of nitrogen functional groups attached to an aromatic ring is 1. The van der Waals surface area contributed by atoms with Crippen LogP contribution in [0, 0.1) is 0 Å². The predicted octanol–water partition coefficient (Wildman–Crippen LogP) is 1.41. The van der Waals surface area contributed by atoms with E-state index in [0.29, 0.717) is 18.5 Å². The molecule has 0 bridgehead atoms. The Hall–Kier alpha value is -1.55. The van der Waals surface area contributed by atoms with Gasteiger partial charge in [-0.1, -0.05) is 12.1 Å². The third-order valence-corrected chi connectivity index (χ3v) is 2.95. The van der Waals surface area contributed by atoms with Crippen LogP contribution in [0.3, 0.4) is 0 Å². The number of benzene rings is 1. The van der Waals surface area contributed by atoms with Gasteiger partial charge in [-0.15, -0.1) is 0 Å². The highest BCUT2D eigenvalue weighted by atomic mass is 15.2. The van der Waals surface area contributed by atoms with E-state index in [1.807, 2.05) is 18.2 Å². The Bertz CT molecular complexity index is 511. The minimum absolute atomic E-state index is 0.537. The molecule has 1 aromatic heterocycles. The van der Waals surface area contributed by atoms with Crippen LogP contribution >= 0.6 is 0 Å². The smallest absolute Gasteiger partial charge is 0.201 e. The molecule has 1 aromatic carbocycles. The van der Waals surface area contributed by atoms with Crippen molar-refractivity contribution in [3.8, 4) is 0 Å². The summed E-state index contributed by atoms with van der Waals surface area (Å²) in [6, 6.07) is 6.56. The first-order valence-corrected chi connectivity index (χ1v) is 5.26. The minimum atomic E-state index is 0.537. The molecular weight excluding hydrogens is 188 g/mol. The maximum Gasteiger partial charge on any atom is 0.201 e. The fraction of sp³-hybridized carbons (Fsp3) is 0.364. The summed E-state index contributed by atoms with van der Waals surface area (Å²) in [7, 11) is 0. The van der Waals surface area contributed by atoms with Crippen molar-refractivity contribution in [3.63, 3.8) is 0 Å². The van der Waals surface area contributed by atoms with E-state index in [9.17, 15) is 0 Å². The fourth-order valence-corrected chi connectivity index (χ4v) is 2.11. The molecule has 1 fully saturated rings. The van der Waals surface area contributed by atoms with Gasteiger partial charge >= 0.3 is 0 Å². The second kappa shape index (κ2) is 2.97. The lowest BCUT2D eigenvalue weighted by Crippen LogP contribution is -2.04. The van der Waals surface area contributed by atoms with Crippen molar-refractivity contribution in [3.05, 3.63) is 23.8 Å². The summed E-state index contributed by atoms with van der Waals surface area (Å²) in [5.41, 5.74) is 14.9. The summed E-state index contributed by atoms with van der Waals surface area (Å²) < 4.78 is 2.14. The number of anilines is 1. The van der Waals surface area contributed by atoms with E-state index in [1.165, 1.54) is 12.8 Å². The molecule has 1 aliphatic rings. The van der Waals surface area contributed by atoms with Gasteiger partial charge in [0.05, 0.1) is 11.0 Å². The van der Waals surface area contributed by atoms with E-state index in [2.05, 4.69) is 9.55 Å². The number of aromatic nitrogens is 2. The molecule has 0 unspecified atom stereocenters. The van der Waals surface area contributed by atoms with Gasteiger partial charge in [-0.25, -0.2) is 4.98 Å². The molecule has 0 saturated heterocycles. The molecule has 1 heterocycles. The molecule has 2 aromatic rings. The van der Waals surface area contributed by atoms with Gasteiger partial charge in [0.1, 0.15) is 0 Å². The minimum Gasteiger partial charge on any atom is -0.369 e. The van der Waals surface area contributed by atoms with Crippen molar-refractivity contribution in [2.45, 2.75) is 25.4 Å². The van der Waals surface area contributed by atoms with E-state index in [4.69, 9.17) is 11.5 Å². The average Bonchev–Trinajstić information content (AvgIpc) is 3.00. The molecule has 1 saturated carbocycles. The van der Waals surface area contributed by atoms with Gasteiger partial charge in [-0.2, -0.15) is 0 Å². The first kappa shape index (κ1) is 8.73. The molecule has 15 heavy (non-hydrogen) atoms. The van der Waals surface area contributed by atoms with Crippen LogP contribution in [0.15, 0.2) is 18.2 Å². The van der Waals surface area contributed by atoms with E-state index in [0.717, 1.165) is 16.6 Å². The van der Waals surface area contributed by atoms with Crippen molar-refractivity contribution in [2.24, 2.45) is 5.73 Å². The van der Waals surface area contributed by atoms with Crippen LogP contribution < -0.4 is 11.5 Å². The summed E-state index contributed by atoms with van der Waals surface area (Å²) in [5, 5.41) is 0. The summed E-state index contributed by atoms with van der Waals surface area (Å²) in [6.45, 7) is 0.537. The van der Waals surface area contributed by atoms with Gasteiger partial charge in [0, 0.05) is 12.6 Å². The van der Waals surface area contributed by atoms with E-state index in [1.54, 1.807) is 0 Å². The van der Waals surface area contributed by atoms with Gasteiger partial charge in [-0.05, 0) is 24.5 Å². The lowest BCUT2D eigenvalue weighted by molar-refractivity contribution is 0.774. The van der Waals surface area contributed by atoms with Crippen molar-refractivity contribution in [1.82, 2.24) is 9.55 Å². The van der Waals surface area contributed by atoms with Crippen LogP contribution in [0.25, 0.3) is 11.0 Å². The topological polar surface area (TPSA) is 69.9 Å². The third-order valence-electron chi connectivity index (χ3n) is 2.95. The van der Waals surface area contributed by atoms with Gasteiger partial charge in [0.2, 0.25) is 5.95 Å². The first-order chi connectivity index (χ1) is 7.31. The van der Waals surface area contributed by atoms with Crippen molar-refractivity contribution in [1.29, 1.82) is 0 Å². The van der Waals surface area contributed by atoms with Gasteiger partial charge in [0.25, 0.3) is 0 Å². The number of rotatable bonds is 2. The van der Waals surface area contributed by atoms with Gasteiger partial charge < -0.3 is 16.0 Å². The molecule has 78 valence electrons. The molecular formula is C11H14N4. The molecule has 0 amide bonds. The quantitative estimate of drug-likeness (QED) is 0.773. The van der Waals surface area contributed by atoms with Gasteiger partial charge in [0.15, 0.2) is 0 Å². The number of fused-ring (bicyclic) bond motifs is 1. The maximum atomic E-state index is 5.93. The molecule has 4 heteroatoms. The van der Waals surface area contributed by atoms with Gasteiger partial charge in [-0.3, -0.25) is 0 Å². The zero-order chi connectivity index (χ0) is 10.4. The van der Waals surface area contributed by atoms with Crippen LogP contribution in [0.2, 0.25) is 0 Å². The SMILES string of the molecule is NCc1cccc2nc(N)n(C3CC3)c12. The largest absolute Gasteiger partial charge is 0.369 e. The van der Waals surface area contributed by atoms with Crippen LogP contribution in [0.1, 0.15) is 24.4 Å². The summed E-state index contributed by atoms with van der Waals surface area (Å²) in [6.07, 6.45) is 2.41. The number of para-hydroxylation sites is 1. The zero-order valence-electron chi connectivity index (χ0n) is 8.48. The number of hydrogen-bond acceptors (Lipinski definition) is 3. The van der Waals surface area contributed by atoms with Crippen molar-refractivity contribution in [2.75, 3.05) is 5.73 Å². The molecule has 3 rings (SSSR count). The number of imidazole rings is 1. The fourth-order valence-electron chi connectivity index (χ4n) is 2.11. The second-order valence-corrected chi connectivity index (χ2v) is 4.06. The summed E-state index contributed by atoms with van der Waals surface area (Å²) >= 11 is 0. The van der Waals surface area contributed by atoms with Crippen LogP contribution in [-0.4, -0.2) is 9.55 Å². The molecule has 0 spiro atoms. The third kappa shape index (κ3) is 1.22. The van der Waals surface area contributed by atoms with Crippen molar-refractivity contribution >= 4 is 17.0 Å². The Morgan fingerprint density at radius 3 is 2.87 bits per heavy atom. The molecule has 4 N–H and O–H groups in total. The lowest BCUT2D eigenvalue weighted by atomic mass is 10.2. The zero-order valence-corrected chi connectivity index (χ0v) is 8.48. The highest BCUT2D eigenvalue weighted by Gasteiger charge is 2.28. The standard InChI is InChI=1S/C11H14N4/c12-6-7-2-1-3-9-10(7)15(8-4-5-8)11(13)14-9/h1-3,8H,4-6,12H2,(H2,13,14). The number of nitrogens with two attached hydrogens (primary N) is 2. The summed E-state index contributed by atoms with van der Waals surface area (Å²) in [4.78, 5) is 4.37. The monoisotopic (exact) mass is 202 g/mol. The molecule has 1 aliphatic carbocycles. The summed E-state index contributed by atoms with van der Waals surface area (Å²) in [5.74, 6) is 0.619. The van der Waals surface area contributed by atoms with E-state index < -0.39 is 0 Å². The Kier molecular flexibility index (Phi) is 1.73. The van der Waals surface area contributed by atoms with E-state index in [-0.39, 0.29) is 0 Å². The lowest BCUT2D eigenvalue weighted by Gasteiger charge is -2.06. The Balaban J connectivity index is 2.35. The highest BCUT2D eigenvalue weighted by Crippen LogP contribution is 2.40. The predicted molar refractivity (Wildman–Crippen MR) is 60.3 cm³/mol. The number of hydrogen-bond donors (Lipinski definition) is 2. The Labute approximate surface area is 87.9 Å². The molecule has 0 aliphatic heterocycles.